The van der Waals surface area contributed by atoms with Gasteiger partial charge in [-0.1, -0.05) is 18.2 Å². The fraction of sp³-hybridized carbons (Fsp3) is 0.357. The zero-order chi connectivity index (χ0) is 12.8. The Morgan fingerprint density at radius 2 is 2.17 bits per heavy atom. The van der Waals surface area contributed by atoms with Gasteiger partial charge in [0.25, 0.3) is 0 Å². The molecule has 0 bridgehead atoms. The molecular weight excluding hydrogens is 226 g/mol. The predicted octanol–water partition coefficient (Wildman–Crippen LogP) is 2.30. The minimum absolute atomic E-state index is 0.665. The number of benzene rings is 1. The molecule has 1 aromatic carbocycles. The second-order valence-corrected chi connectivity index (χ2v) is 4.06. The molecule has 1 aromatic heterocycles. The summed E-state index contributed by atoms with van der Waals surface area (Å²) >= 11 is 0. The molecule has 18 heavy (non-hydrogen) atoms. The average Bonchev–Trinajstić information content (AvgIpc) is 2.86. The van der Waals surface area contributed by atoms with Crippen LogP contribution in [0, 0.1) is 0 Å². The molecule has 0 aliphatic rings. The van der Waals surface area contributed by atoms with Crippen molar-refractivity contribution in [3.05, 3.63) is 36.7 Å². The van der Waals surface area contributed by atoms with Gasteiger partial charge in [-0.05, 0) is 26.0 Å². The van der Waals surface area contributed by atoms with Crippen molar-refractivity contribution in [2.24, 2.45) is 5.73 Å². The highest BCUT2D eigenvalue weighted by atomic mass is 16.5. The molecule has 2 rings (SSSR count). The molecule has 1 heterocycles. The number of hydrogen-bond donors (Lipinski definition) is 1. The summed E-state index contributed by atoms with van der Waals surface area (Å²) in [6, 6.07) is 8.02. The van der Waals surface area contributed by atoms with Gasteiger partial charge in [0.2, 0.25) is 0 Å². The molecular formula is C14H19N3O. The Hall–Kier alpha value is -1.81. The van der Waals surface area contributed by atoms with Crippen molar-refractivity contribution in [1.29, 1.82) is 0 Å². The van der Waals surface area contributed by atoms with Crippen LogP contribution in [0.15, 0.2) is 36.7 Å². The van der Waals surface area contributed by atoms with Crippen LogP contribution in [-0.4, -0.2) is 22.9 Å². The Morgan fingerprint density at radius 1 is 1.33 bits per heavy atom. The molecule has 0 fully saturated rings. The van der Waals surface area contributed by atoms with Gasteiger partial charge in [-0.25, -0.2) is 0 Å². The Bertz CT molecular complexity index is 493. The van der Waals surface area contributed by atoms with E-state index in [1.54, 1.807) is 0 Å². The molecule has 0 saturated heterocycles. The summed E-state index contributed by atoms with van der Waals surface area (Å²) in [7, 11) is 0. The maximum absolute atomic E-state index is 5.62. The lowest BCUT2D eigenvalue weighted by atomic mass is 10.1. The SMILES string of the molecule is CCOc1ccccc1-c1cnn(CCCN)c1. The smallest absolute Gasteiger partial charge is 0.127 e. The van der Waals surface area contributed by atoms with Crippen LogP contribution in [0.25, 0.3) is 11.1 Å². The predicted molar refractivity (Wildman–Crippen MR) is 72.5 cm³/mol. The Kier molecular flexibility index (Phi) is 4.36. The quantitative estimate of drug-likeness (QED) is 0.849. The molecule has 0 amide bonds. The average molecular weight is 245 g/mol. The molecule has 2 N–H and O–H groups in total. The normalized spacial score (nSPS) is 10.6. The molecule has 0 spiro atoms. The third-order valence-corrected chi connectivity index (χ3v) is 2.72. The van der Waals surface area contributed by atoms with Crippen LogP contribution in [0.4, 0.5) is 0 Å². The zero-order valence-electron chi connectivity index (χ0n) is 10.7. The summed E-state index contributed by atoms with van der Waals surface area (Å²) in [5, 5.41) is 4.34. The lowest BCUT2D eigenvalue weighted by molar-refractivity contribution is 0.341. The van der Waals surface area contributed by atoms with Crippen molar-refractivity contribution >= 4 is 0 Å². The van der Waals surface area contributed by atoms with Gasteiger partial charge in [0.15, 0.2) is 0 Å². The van der Waals surface area contributed by atoms with Crippen molar-refractivity contribution < 1.29 is 4.74 Å². The van der Waals surface area contributed by atoms with E-state index in [2.05, 4.69) is 11.2 Å². The van der Waals surface area contributed by atoms with Crippen LogP contribution in [0.1, 0.15) is 13.3 Å². The highest BCUT2D eigenvalue weighted by Gasteiger charge is 2.07. The number of nitrogens with zero attached hydrogens (tertiary/aromatic N) is 2. The first-order valence-electron chi connectivity index (χ1n) is 6.30. The van der Waals surface area contributed by atoms with Gasteiger partial charge in [-0.2, -0.15) is 5.10 Å². The van der Waals surface area contributed by atoms with E-state index in [1.807, 2.05) is 42.2 Å². The van der Waals surface area contributed by atoms with Crippen LogP contribution in [0.5, 0.6) is 5.75 Å². The van der Waals surface area contributed by atoms with Gasteiger partial charge in [0.1, 0.15) is 5.75 Å². The van der Waals surface area contributed by atoms with Gasteiger partial charge in [0.05, 0.1) is 12.8 Å². The van der Waals surface area contributed by atoms with Crippen LogP contribution in [0.2, 0.25) is 0 Å². The second-order valence-electron chi connectivity index (χ2n) is 4.06. The maximum Gasteiger partial charge on any atom is 0.127 e. The molecule has 4 heteroatoms. The van der Waals surface area contributed by atoms with Gasteiger partial charge in [-0.15, -0.1) is 0 Å². The third-order valence-electron chi connectivity index (χ3n) is 2.72. The van der Waals surface area contributed by atoms with E-state index in [4.69, 9.17) is 10.5 Å². The lowest BCUT2D eigenvalue weighted by Crippen LogP contribution is -2.05. The topological polar surface area (TPSA) is 53.1 Å². The van der Waals surface area contributed by atoms with Gasteiger partial charge >= 0.3 is 0 Å². The van der Waals surface area contributed by atoms with Gasteiger partial charge in [0, 0.05) is 23.9 Å². The summed E-state index contributed by atoms with van der Waals surface area (Å²) in [5.41, 5.74) is 7.66. The monoisotopic (exact) mass is 245 g/mol. The number of para-hydroxylation sites is 1. The number of hydrogen-bond acceptors (Lipinski definition) is 3. The number of rotatable bonds is 6. The number of nitrogens with two attached hydrogens (primary N) is 1. The fourth-order valence-electron chi connectivity index (χ4n) is 1.86. The van der Waals surface area contributed by atoms with E-state index in [0.717, 1.165) is 29.8 Å². The first-order chi connectivity index (χ1) is 8.85. The van der Waals surface area contributed by atoms with Gasteiger partial charge in [-0.3, -0.25) is 4.68 Å². The van der Waals surface area contributed by atoms with Crippen molar-refractivity contribution in [2.75, 3.05) is 13.2 Å². The zero-order valence-corrected chi connectivity index (χ0v) is 10.7. The summed E-state index contributed by atoms with van der Waals surface area (Å²) in [5.74, 6) is 0.901. The number of ether oxygens (including phenoxy) is 1. The summed E-state index contributed by atoms with van der Waals surface area (Å²) in [6.45, 7) is 4.19. The van der Waals surface area contributed by atoms with E-state index in [9.17, 15) is 0 Å². The summed E-state index contributed by atoms with van der Waals surface area (Å²) in [6.07, 6.45) is 4.84. The molecule has 96 valence electrons. The Labute approximate surface area is 107 Å². The van der Waals surface area contributed by atoms with Crippen molar-refractivity contribution in [3.8, 4) is 16.9 Å². The van der Waals surface area contributed by atoms with E-state index in [1.165, 1.54) is 0 Å². The molecule has 2 aromatic rings. The van der Waals surface area contributed by atoms with Crippen LogP contribution >= 0.6 is 0 Å². The maximum atomic E-state index is 5.62. The molecule has 0 saturated carbocycles. The first kappa shape index (κ1) is 12.6. The highest BCUT2D eigenvalue weighted by molar-refractivity contribution is 5.69. The van der Waals surface area contributed by atoms with Crippen molar-refractivity contribution in [2.45, 2.75) is 19.9 Å². The van der Waals surface area contributed by atoms with Gasteiger partial charge < -0.3 is 10.5 Å². The highest BCUT2D eigenvalue weighted by Crippen LogP contribution is 2.29. The van der Waals surface area contributed by atoms with Crippen molar-refractivity contribution in [3.63, 3.8) is 0 Å². The Balaban J connectivity index is 2.22. The molecule has 0 unspecified atom stereocenters. The fourth-order valence-corrected chi connectivity index (χ4v) is 1.86. The number of aromatic nitrogens is 2. The Morgan fingerprint density at radius 3 is 2.94 bits per heavy atom. The van der Waals surface area contributed by atoms with E-state index >= 15 is 0 Å². The molecule has 0 aliphatic carbocycles. The van der Waals surface area contributed by atoms with Crippen LogP contribution in [0.3, 0.4) is 0 Å². The largest absolute Gasteiger partial charge is 0.493 e. The van der Waals surface area contributed by atoms with Crippen LogP contribution in [-0.2, 0) is 6.54 Å². The summed E-state index contributed by atoms with van der Waals surface area (Å²) < 4.78 is 7.55. The lowest BCUT2D eigenvalue weighted by Gasteiger charge is -2.07. The molecule has 0 atom stereocenters. The third kappa shape index (κ3) is 2.90. The second kappa shape index (κ2) is 6.21. The molecule has 0 radical (unpaired) electrons. The minimum Gasteiger partial charge on any atom is -0.493 e. The van der Waals surface area contributed by atoms with Crippen LogP contribution < -0.4 is 10.5 Å². The first-order valence-corrected chi connectivity index (χ1v) is 6.30. The standard InChI is InChI=1S/C14H19N3O/c1-2-18-14-7-4-3-6-13(14)12-10-16-17(11-12)9-5-8-15/h3-4,6-7,10-11H,2,5,8-9,15H2,1H3. The van der Waals surface area contributed by atoms with E-state index < -0.39 is 0 Å². The molecule has 0 aliphatic heterocycles. The number of aryl methyl sites for hydroxylation is 1. The van der Waals surface area contributed by atoms with E-state index in [-0.39, 0.29) is 0 Å². The summed E-state index contributed by atoms with van der Waals surface area (Å²) in [4.78, 5) is 0. The van der Waals surface area contributed by atoms with Crippen molar-refractivity contribution in [1.82, 2.24) is 9.78 Å². The molecule has 4 nitrogen and oxygen atoms in total. The van der Waals surface area contributed by atoms with E-state index in [0.29, 0.717) is 13.2 Å². The minimum atomic E-state index is 0.665.